The van der Waals surface area contributed by atoms with Crippen molar-refractivity contribution in [1.29, 1.82) is 0 Å². The molecule has 1 aromatic carbocycles. The number of hydrogen-bond donors (Lipinski definition) is 3. The van der Waals surface area contributed by atoms with E-state index in [1.165, 1.54) is 0 Å². The van der Waals surface area contributed by atoms with Crippen LogP contribution in [0.5, 0.6) is 0 Å². The Hall–Kier alpha value is -0.875. The van der Waals surface area contributed by atoms with E-state index < -0.39 is 18.3 Å². The number of benzene rings is 1. The van der Waals surface area contributed by atoms with Gasteiger partial charge in [-0.15, -0.1) is 0 Å². The molecule has 0 aliphatic heterocycles. The largest absolute Gasteiger partial charge is 0.491 e. The van der Waals surface area contributed by atoms with E-state index in [1.54, 1.807) is 39.8 Å². The highest BCUT2D eigenvalue weighted by Gasteiger charge is 2.39. The van der Waals surface area contributed by atoms with Gasteiger partial charge in [-0.3, -0.25) is 0 Å². The van der Waals surface area contributed by atoms with Crippen LogP contribution in [-0.4, -0.2) is 28.5 Å². The van der Waals surface area contributed by atoms with Gasteiger partial charge in [0.2, 0.25) is 0 Å². The van der Waals surface area contributed by atoms with Crippen LogP contribution in [0.2, 0.25) is 0 Å². The van der Waals surface area contributed by atoms with Crippen molar-refractivity contribution in [3.63, 3.8) is 0 Å². The summed E-state index contributed by atoms with van der Waals surface area (Å²) in [5.41, 5.74) is 5.19. The zero-order valence-corrected chi connectivity index (χ0v) is 11.5. The van der Waals surface area contributed by atoms with Crippen molar-refractivity contribution in [2.24, 2.45) is 5.73 Å². The Morgan fingerprint density at radius 2 is 1.89 bits per heavy atom. The highest BCUT2D eigenvalue weighted by Crippen LogP contribution is 2.25. The second kappa shape index (κ2) is 5.40. The van der Waals surface area contributed by atoms with Gasteiger partial charge in [-0.25, -0.2) is 0 Å². The van der Waals surface area contributed by atoms with Gasteiger partial charge in [-0.1, -0.05) is 24.3 Å². The third-order valence-electron chi connectivity index (χ3n) is 3.35. The van der Waals surface area contributed by atoms with Crippen LogP contribution < -0.4 is 11.2 Å². The SMILES string of the molecule is CC(C)(O)C(C)(C)OB(O)c1cccc(CN)c1. The van der Waals surface area contributed by atoms with Crippen LogP contribution in [0.3, 0.4) is 0 Å². The van der Waals surface area contributed by atoms with Gasteiger partial charge in [0.1, 0.15) is 0 Å². The highest BCUT2D eigenvalue weighted by molar-refractivity contribution is 6.60. The average molecular weight is 251 g/mol. The van der Waals surface area contributed by atoms with Crippen molar-refractivity contribution in [3.05, 3.63) is 29.8 Å². The monoisotopic (exact) mass is 251 g/mol. The van der Waals surface area contributed by atoms with Crippen LogP contribution >= 0.6 is 0 Å². The van der Waals surface area contributed by atoms with Crippen molar-refractivity contribution in [2.45, 2.75) is 45.4 Å². The molecule has 100 valence electrons. The Morgan fingerprint density at radius 1 is 1.28 bits per heavy atom. The fourth-order valence-corrected chi connectivity index (χ4v) is 1.37. The van der Waals surface area contributed by atoms with Gasteiger partial charge in [0.25, 0.3) is 0 Å². The number of hydrogen-bond acceptors (Lipinski definition) is 4. The highest BCUT2D eigenvalue weighted by atomic mass is 16.5. The Bertz CT molecular complexity index is 401. The summed E-state index contributed by atoms with van der Waals surface area (Å²) < 4.78 is 5.55. The first-order chi connectivity index (χ1) is 8.17. The van der Waals surface area contributed by atoms with E-state index in [9.17, 15) is 10.1 Å². The third-order valence-corrected chi connectivity index (χ3v) is 3.35. The molecule has 0 amide bonds. The maximum Gasteiger partial charge on any atom is 0.491 e. The van der Waals surface area contributed by atoms with Crippen LogP contribution in [-0.2, 0) is 11.2 Å². The Kier molecular flexibility index (Phi) is 4.56. The molecule has 5 heteroatoms. The van der Waals surface area contributed by atoms with Crippen molar-refractivity contribution in [1.82, 2.24) is 0 Å². The summed E-state index contributed by atoms with van der Waals surface area (Å²) in [6.45, 7) is 7.19. The zero-order valence-electron chi connectivity index (χ0n) is 11.5. The van der Waals surface area contributed by atoms with Gasteiger partial charge >= 0.3 is 7.12 Å². The lowest BCUT2D eigenvalue weighted by Crippen LogP contribution is -2.53. The van der Waals surface area contributed by atoms with Crippen LogP contribution in [0, 0.1) is 0 Å². The van der Waals surface area contributed by atoms with Crippen LogP contribution in [0.4, 0.5) is 0 Å². The van der Waals surface area contributed by atoms with Crippen molar-refractivity contribution < 1.29 is 14.8 Å². The summed E-state index contributed by atoms with van der Waals surface area (Å²) in [6, 6.07) is 7.27. The molecule has 0 aromatic heterocycles. The quantitative estimate of drug-likeness (QED) is 0.662. The third kappa shape index (κ3) is 3.56. The first-order valence-electron chi connectivity index (χ1n) is 6.04. The molecule has 0 atom stereocenters. The second-order valence-electron chi connectivity index (χ2n) is 5.49. The van der Waals surface area contributed by atoms with E-state index in [0.29, 0.717) is 12.0 Å². The van der Waals surface area contributed by atoms with Gasteiger partial charge in [0.15, 0.2) is 0 Å². The van der Waals surface area contributed by atoms with Gasteiger partial charge in [-0.2, -0.15) is 0 Å². The Morgan fingerprint density at radius 3 is 2.39 bits per heavy atom. The van der Waals surface area contributed by atoms with E-state index >= 15 is 0 Å². The number of aliphatic hydroxyl groups is 1. The average Bonchev–Trinajstić information content (AvgIpc) is 2.27. The van der Waals surface area contributed by atoms with E-state index in [1.807, 2.05) is 12.1 Å². The fraction of sp³-hybridized carbons (Fsp3) is 0.538. The smallest absolute Gasteiger partial charge is 0.423 e. The summed E-state index contributed by atoms with van der Waals surface area (Å²) in [5.74, 6) is 0. The molecule has 1 aromatic rings. The van der Waals surface area contributed by atoms with E-state index in [2.05, 4.69) is 0 Å². The lowest BCUT2D eigenvalue weighted by atomic mass is 9.76. The van der Waals surface area contributed by atoms with Gasteiger partial charge in [-0.05, 0) is 38.7 Å². The van der Waals surface area contributed by atoms with E-state index in [0.717, 1.165) is 5.56 Å². The summed E-state index contributed by atoms with van der Waals surface area (Å²) in [4.78, 5) is 0. The molecular formula is C13H22BNO3. The summed E-state index contributed by atoms with van der Waals surface area (Å²) in [6.07, 6.45) is 0. The fourth-order valence-electron chi connectivity index (χ4n) is 1.37. The van der Waals surface area contributed by atoms with Crippen LogP contribution in [0.25, 0.3) is 0 Å². The second-order valence-corrected chi connectivity index (χ2v) is 5.49. The lowest BCUT2D eigenvalue weighted by Gasteiger charge is -2.38. The molecule has 0 spiro atoms. The van der Waals surface area contributed by atoms with Crippen LogP contribution in [0.1, 0.15) is 33.3 Å². The number of nitrogens with two attached hydrogens (primary N) is 1. The van der Waals surface area contributed by atoms with Crippen LogP contribution in [0.15, 0.2) is 24.3 Å². The van der Waals surface area contributed by atoms with Crippen molar-refractivity contribution in [2.75, 3.05) is 0 Å². The molecule has 18 heavy (non-hydrogen) atoms. The molecule has 4 N–H and O–H groups in total. The molecule has 0 unspecified atom stereocenters. The molecule has 0 radical (unpaired) electrons. The molecule has 0 aliphatic rings. The Balaban J connectivity index is 2.85. The Labute approximate surface area is 109 Å². The standard InChI is InChI=1S/C13H22BNO3/c1-12(2,16)13(3,4)18-14(17)11-7-5-6-10(8-11)9-15/h5-8,16-17H,9,15H2,1-4H3. The molecule has 4 nitrogen and oxygen atoms in total. The molecule has 0 saturated carbocycles. The molecule has 0 bridgehead atoms. The minimum Gasteiger partial charge on any atom is -0.423 e. The topological polar surface area (TPSA) is 75.7 Å². The molecule has 0 aliphatic carbocycles. The molecule has 0 heterocycles. The summed E-state index contributed by atoms with van der Waals surface area (Å²) in [5, 5.41) is 20.1. The zero-order chi connectivity index (χ0) is 14.0. The lowest BCUT2D eigenvalue weighted by molar-refractivity contribution is -0.0982. The normalized spacial score (nSPS) is 12.6. The van der Waals surface area contributed by atoms with Gasteiger partial charge in [0.05, 0.1) is 11.2 Å². The maximum absolute atomic E-state index is 10.1. The molecule has 1 rings (SSSR count). The predicted molar refractivity (Wildman–Crippen MR) is 73.4 cm³/mol. The van der Waals surface area contributed by atoms with Crippen molar-refractivity contribution >= 4 is 12.6 Å². The number of rotatable bonds is 5. The summed E-state index contributed by atoms with van der Waals surface area (Å²) in [7, 11) is -1.09. The van der Waals surface area contributed by atoms with Crippen molar-refractivity contribution in [3.8, 4) is 0 Å². The predicted octanol–water partition coefficient (Wildman–Crippen LogP) is 0.399. The molecular weight excluding hydrogens is 229 g/mol. The van der Waals surface area contributed by atoms with E-state index in [-0.39, 0.29) is 0 Å². The first kappa shape index (κ1) is 15.2. The minimum atomic E-state index is -1.09. The molecule has 0 fully saturated rings. The van der Waals surface area contributed by atoms with Gasteiger partial charge in [0, 0.05) is 6.54 Å². The summed E-state index contributed by atoms with van der Waals surface area (Å²) >= 11 is 0. The first-order valence-corrected chi connectivity index (χ1v) is 6.04. The minimum absolute atomic E-state index is 0.412. The van der Waals surface area contributed by atoms with Gasteiger partial charge < -0.3 is 20.5 Å². The molecule has 0 saturated heterocycles. The maximum atomic E-state index is 10.1. The van der Waals surface area contributed by atoms with E-state index in [4.69, 9.17) is 10.4 Å².